The van der Waals surface area contributed by atoms with Crippen molar-refractivity contribution in [3.63, 3.8) is 0 Å². The Morgan fingerprint density at radius 3 is 2.81 bits per heavy atom. The third kappa shape index (κ3) is 2.08. The normalized spacial score (nSPS) is 19.1. The topological polar surface area (TPSA) is 61.9 Å². The first-order valence-electron chi connectivity index (χ1n) is 5.72. The van der Waals surface area contributed by atoms with Crippen LogP contribution in [0.1, 0.15) is 43.6 Å². The van der Waals surface area contributed by atoms with Gasteiger partial charge in [-0.3, -0.25) is 9.89 Å². The molecule has 5 heteroatoms. The Morgan fingerprint density at radius 2 is 2.31 bits per heavy atom. The molecule has 88 valence electrons. The predicted molar refractivity (Wildman–Crippen MR) is 60.1 cm³/mol. The SMILES string of the molecule is CCc1nc(C(=O)N2CCC(C)(C)C2)n[nH]1. The van der Waals surface area contributed by atoms with Gasteiger partial charge in [0.05, 0.1) is 0 Å². The summed E-state index contributed by atoms with van der Waals surface area (Å²) in [5.41, 5.74) is 0.222. The fourth-order valence-electron chi connectivity index (χ4n) is 1.98. The summed E-state index contributed by atoms with van der Waals surface area (Å²) in [5, 5.41) is 6.72. The maximum atomic E-state index is 12.0. The maximum absolute atomic E-state index is 12.0. The van der Waals surface area contributed by atoms with Crippen molar-refractivity contribution in [2.45, 2.75) is 33.6 Å². The highest BCUT2D eigenvalue weighted by Gasteiger charge is 2.33. The number of nitrogens with one attached hydrogen (secondary N) is 1. The molecule has 1 aromatic rings. The summed E-state index contributed by atoms with van der Waals surface area (Å²) in [5.74, 6) is 1.01. The Morgan fingerprint density at radius 1 is 1.56 bits per heavy atom. The Kier molecular flexibility index (Phi) is 2.69. The van der Waals surface area contributed by atoms with E-state index in [2.05, 4.69) is 29.0 Å². The summed E-state index contributed by atoms with van der Waals surface area (Å²) in [4.78, 5) is 18.0. The van der Waals surface area contributed by atoms with Crippen molar-refractivity contribution >= 4 is 5.91 Å². The summed E-state index contributed by atoms with van der Waals surface area (Å²) >= 11 is 0. The molecule has 2 heterocycles. The second-order valence-electron chi connectivity index (χ2n) is 5.10. The lowest BCUT2D eigenvalue weighted by atomic mass is 9.93. The number of amides is 1. The minimum atomic E-state index is -0.0541. The van der Waals surface area contributed by atoms with E-state index in [1.165, 1.54) is 0 Å². The van der Waals surface area contributed by atoms with Gasteiger partial charge in [-0.2, -0.15) is 0 Å². The molecule has 1 aliphatic rings. The number of hydrogen-bond acceptors (Lipinski definition) is 3. The molecule has 2 rings (SSSR count). The number of likely N-dealkylation sites (tertiary alicyclic amines) is 1. The number of H-pyrrole nitrogens is 1. The molecule has 5 nitrogen and oxygen atoms in total. The zero-order chi connectivity index (χ0) is 11.8. The fourth-order valence-corrected chi connectivity index (χ4v) is 1.98. The lowest BCUT2D eigenvalue weighted by Crippen LogP contribution is -2.31. The summed E-state index contributed by atoms with van der Waals surface area (Å²) < 4.78 is 0. The Bertz CT molecular complexity index is 396. The highest BCUT2D eigenvalue weighted by atomic mass is 16.2. The highest BCUT2D eigenvalue weighted by Crippen LogP contribution is 2.29. The van der Waals surface area contributed by atoms with Gasteiger partial charge in [0.25, 0.3) is 5.91 Å². The molecule has 0 unspecified atom stereocenters. The van der Waals surface area contributed by atoms with Crippen LogP contribution in [0.5, 0.6) is 0 Å². The molecule has 1 aromatic heterocycles. The molecule has 1 fully saturated rings. The minimum Gasteiger partial charge on any atom is -0.335 e. The van der Waals surface area contributed by atoms with Crippen LogP contribution in [0.3, 0.4) is 0 Å². The minimum absolute atomic E-state index is 0.0541. The van der Waals surface area contributed by atoms with Gasteiger partial charge < -0.3 is 4.90 Å². The van der Waals surface area contributed by atoms with Crippen LogP contribution in [-0.4, -0.2) is 39.1 Å². The number of nitrogens with zero attached hydrogens (tertiary/aromatic N) is 3. The molecule has 0 aromatic carbocycles. The Balaban J connectivity index is 2.08. The number of rotatable bonds is 2. The van der Waals surface area contributed by atoms with Gasteiger partial charge in [0.2, 0.25) is 5.82 Å². The third-order valence-corrected chi connectivity index (χ3v) is 3.02. The predicted octanol–water partition coefficient (Wildman–Crippen LogP) is 1.24. The van der Waals surface area contributed by atoms with E-state index in [1.807, 2.05) is 11.8 Å². The van der Waals surface area contributed by atoms with E-state index in [1.54, 1.807) is 0 Å². The molecular weight excluding hydrogens is 204 g/mol. The van der Waals surface area contributed by atoms with Crippen LogP contribution in [-0.2, 0) is 6.42 Å². The van der Waals surface area contributed by atoms with Crippen LogP contribution in [0.2, 0.25) is 0 Å². The van der Waals surface area contributed by atoms with Crippen LogP contribution < -0.4 is 0 Å². The van der Waals surface area contributed by atoms with Gasteiger partial charge in [0.15, 0.2) is 0 Å². The molecule has 0 bridgehead atoms. The van der Waals surface area contributed by atoms with Gasteiger partial charge in [0.1, 0.15) is 5.82 Å². The van der Waals surface area contributed by atoms with Crippen molar-refractivity contribution in [3.8, 4) is 0 Å². The lowest BCUT2D eigenvalue weighted by Gasteiger charge is -2.18. The maximum Gasteiger partial charge on any atom is 0.293 e. The van der Waals surface area contributed by atoms with Gasteiger partial charge in [-0.15, -0.1) is 5.10 Å². The fraction of sp³-hybridized carbons (Fsp3) is 0.727. The van der Waals surface area contributed by atoms with E-state index in [0.29, 0.717) is 5.82 Å². The van der Waals surface area contributed by atoms with Crippen LogP contribution in [0, 0.1) is 5.41 Å². The molecule has 0 saturated carbocycles. The molecule has 1 saturated heterocycles. The zero-order valence-electron chi connectivity index (χ0n) is 10.1. The van der Waals surface area contributed by atoms with Crippen LogP contribution in [0.25, 0.3) is 0 Å². The summed E-state index contributed by atoms with van der Waals surface area (Å²) in [6.07, 6.45) is 1.82. The molecule has 0 radical (unpaired) electrons. The second-order valence-corrected chi connectivity index (χ2v) is 5.10. The molecule has 0 spiro atoms. The molecule has 1 amide bonds. The van der Waals surface area contributed by atoms with Crippen LogP contribution >= 0.6 is 0 Å². The first-order chi connectivity index (χ1) is 7.52. The van der Waals surface area contributed by atoms with E-state index < -0.39 is 0 Å². The quantitative estimate of drug-likeness (QED) is 0.819. The van der Waals surface area contributed by atoms with E-state index in [9.17, 15) is 4.79 Å². The van der Waals surface area contributed by atoms with E-state index in [-0.39, 0.29) is 11.3 Å². The van der Waals surface area contributed by atoms with Gasteiger partial charge in [-0.1, -0.05) is 20.8 Å². The molecule has 0 atom stereocenters. The number of aromatic nitrogens is 3. The van der Waals surface area contributed by atoms with Crippen molar-refractivity contribution < 1.29 is 4.79 Å². The van der Waals surface area contributed by atoms with Crippen LogP contribution in [0.4, 0.5) is 0 Å². The molecule has 1 N–H and O–H groups in total. The Hall–Kier alpha value is -1.39. The molecule has 16 heavy (non-hydrogen) atoms. The standard InChI is InChI=1S/C11H18N4O/c1-4-8-12-9(14-13-8)10(16)15-6-5-11(2,3)7-15/h4-7H2,1-3H3,(H,12,13,14). The smallest absolute Gasteiger partial charge is 0.293 e. The molecule has 0 aliphatic carbocycles. The van der Waals surface area contributed by atoms with Gasteiger partial charge in [-0.25, -0.2) is 4.98 Å². The van der Waals surface area contributed by atoms with Crippen molar-refractivity contribution in [1.82, 2.24) is 20.1 Å². The average Bonchev–Trinajstić information content (AvgIpc) is 2.83. The second kappa shape index (κ2) is 3.88. The van der Waals surface area contributed by atoms with Gasteiger partial charge in [-0.05, 0) is 11.8 Å². The third-order valence-electron chi connectivity index (χ3n) is 3.02. The van der Waals surface area contributed by atoms with Gasteiger partial charge >= 0.3 is 0 Å². The molecular formula is C11H18N4O. The highest BCUT2D eigenvalue weighted by molar-refractivity contribution is 5.90. The van der Waals surface area contributed by atoms with E-state index in [4.69, 9.17) is 0 Å². The summed E-state index contributed by atoms with van der Waals surface area (Å²) in [6, 6.07) is 0. The monoisotopic (exact) mass is 222 g/mol. The Labute approximate surface area is 95.2 Å². The van der Waals surface area contributed by atoms with E-state index >= 15 is 0 Å². The largest absolute Gasteiger partial charge is 0.335 e. The van der Waals surface area contributed by atoms with Crippen LogP contribution in [0.15, 0.2) is 0 Å². The van der Waals surface area contributed by atoms with E-state index in [0.717, 1.165) is 31.8 Å². The van der Waals surface area contributed by atoms with Crippen molar-refractivity contribution in [3.05, 3.63) is 11.6 Å². The first kappa shape index (κ1) is 11.1. The van der Waals surface area contributed by atoms with Crippen molar-refractivity contribution in [2.24, 2.45) is 5.41 Å². The average molecular weight is 222 g/mol. The first-order valence-corrected chi connectivity index (χ1v) is 5.72. The lowest BCUT2D eigenvalue weighted by molar-refractivity contribution is 0.0766. The number of hydrogen-bond donors (Lipinski definition) is 1. The number of carbonyl (C=O) groups excluding carboxylic acids is 1. The van der Waals surface area contributed by atoms with Gasteiger partial charge in [0, 0.05) is 19.5 Å². The zero-order valence-corrected chi connectivity index (χ0v) is 10.1. The molecule has 1 aliphatic heterocycles. The summed E-state index contributed by atoms with van der Waals surface area (Å²) in [6.45, 7) is 7.93. The number of aryl methyl sites for hydroxylation is 1. The van der Waals surface area contributed by atoms with Crippen molar-refractivity contribution in [1.29, 1.82) is 0 Å². The van der Waals surface area contributed by atoms with Crippen molar-refractivity contribution in [2.75, 3.05) is 13.1 Å². The number of aromatic amines is 1. The summed E-state index contributed by atoms with van der Waals surface area (Å²) in [7, 11) is 0. The number of carbonyl (C=O) groups is 1.